The van der Waals surface area contributed by atoms with Gasteiger partial charge in [0.1, 0.15) is 5.78 Å². The Morgan fingerprint density at radius 1 is 1.32 bits per heavy atom. The normalized spacial score (nSPS) is 16.5. The van der Waals surface area contributed by atoms with Gasteiger partial charge < -0.3 is 15.7 Å². The third-order valence-electron chi connectivity index (χ3n) is 4.46. The number of sulfonamides is 1. The lowest BCUT2D eigenvalue weighted by molar-refractivity contribution is -0.138. The van der Waals surface area contributed by atoms with Crippen molar-refractivity contribution in [2.45, 2.75) is 51.9 Å². The minimum Gasteiger partial charge on any atom is -0.481 e. The molecule has 0 bridgehead atoms. The van der Waals surface area contributed by atoms with Gasteiger partial charge in [-0.2, -0.15) is 0 Å². The van der Waals surface area contributed by atoms with E-state index in [9.17, 15) is 27.8 Å². The van der Waals surface area contributed by atoms with Crippen LogP contribution in [0, 0.1) is 5.92 Å². The number of carboxylic acid groups (broad SMARTS) is 1. The first-order valence-electron chi connectivity index (χ1n) is 9.26. The number of benzene rings is 1. The molecule has 0 radical (unpaired) electrons. The Bertz CT molecular complexity index is 812. The van der Waals surface area contributed by atoms with Crippen LogP contribution in [0.15, 0.2) is 24.3 Å². The summed E-state index contributed by atoms with van der Waals surface area (Å²) in [5.41, 5.74) is 6.66. The summed E-state index contributed by atoms with van der Waals surface area (Å²) in [5.74, 6) is -4.39. The molecule has 0 aliphatic heterocycles. The Morgan fingerprint density at radius 2 is 1.96 bits per heavy atom. The maximum atomic E-state index is 13.1. The van der Waals surface area contributed by atoms with Gasteiger partial charge in [0.15, 0.2) is 0 Å². The summed E-state index contributed by atoms with van der Waals surface area (Å²) in [6.07, 6.45) is 0.525. The van der Waals surface area contributed by atoms with Crippen molar-refractivity contribution in [2.75, 3.05) is 11.9 Å². The van der Waals surface area contributed by atoms with E-state index in [1.54, 1.807) is 38.1 Å². The summed E-state index contributed by atoms with van der Waals surface area (Å²) in [6, 6.07) is 6.53. The van der Waals surface area contributed by atoms with Crippen molar-refractivity contribution in [1.82, 2.24) is 4.72 Å². The number of hydrogen-bond donors (Lipinski definition) is 4. The van der Waals surface area contributed by atoms with Crippen molar-refractivity contribution in [2.24, 2.45) is 11.7 Å². The zero-order valence-electron chi connectivity index (χ0n) is 16.5. The van der Waals surface area contributed by atoms with Crippen LogP contribution in [0.2, 0.25) is 0 Å². The van der Waals surface area contributed by atoms with Crippen LogP contribution in [-0.4, -0.2) is 42.1 Å². The molecule has 0 aromatic heterocycles. The molecule has 5 N–H and O–H groups in total. The van der Waals surface area contributed by atoms with Crippen LogP contribution in [0.3, 0.4) is 0 Å². The van der Waals surface area contributed by atoms with E-state index in [-0.39, 0.29) is 12.3 Å². The average molecular weight is 434 g/mol. The van der Waals surface area contributed by atoms with Crippen LogP contribution in [0.25, 0.3) is 0 Å². The molecule has 10 heteroatoms. The van der Waals surface area contributed by atoms with Gasteiger partial charge in [0, 0.05) is 12.7 Å². The predicted octanol–water partition coefficient (Wildman–Crippen LogP) is 2.29. The maximum absolute atomic E-state index is 13.1. The topological polar surface area (TPSA) is 147 Å². The third-order valence-corrected chi connectivity index (χ3v) is 8.56. The summed E-state index contributed by atoms with van der Waals surface area (Å²) in [7, 11) is -7.94. The van der Waals surface area contributed by atoms with Crippen molar-refractivity contribution in [3.8, 4) is 0 Å². The van der Waals surface area contributed by atoms with Crippen molar-refractivity contribution < 1.29 is 27.8 Å². The fourth-order valence-corrected chi connectivity index (χ4v) is 7.52. The van der Waals surface area contributed by atoms with E-state index in [4.69, 9.17) is 5.73 Å². The molecule has 0 fully saturated rings. The fraction of sp³-hybridized carbons (Fsp3) is 0.611. The Labute approximate surface area is 167 Å². The highest BCUT2D eigenvalue weighted by atomic mass is 32.2. The number of hydrogen-bond acceptors (Lipinski definition) is 5. The van der Waals surface area contributed by atoms with Crippen molar-refractivity contribution in [3.05, 3.63) is 35.4 Å². The summed E-state index contributed by atoms with van der Waals surface area (Å²) < 4.78 is 39.9. The van der Waals surface area contributed by atoms with E-state index >= 15 is 0 Å². The lowest BCUT2D eigenvalue weighted by atomic mass is 9.99. The zero-order valence-corrected chi connectivity index (χ0v) is 18.2. The lowest BCUT2D eigenvalue weighted by Crippen LogP contribution is -2.40. The molecule has 1 rings (SSSR count). The van der Waals surface area contributed by atoms with E-state index in [2.05, 4.69) is 4.72 Å². The Hall–Kier alpha value is -1.25. The number of unbranched alkanes of at least 4 members (excludes halogenated alkanes) is 1. The quantitative estimate of drug-likeness (QED) is 0.369. The Kier molecular flexibility index (Phi) is 9.30. The van der Waals surface area contributed by atoms with Crippen LogP contribution < -0.4 is 10.5 Å². The second kappa shape index (κ2) is 10.5. The largest absolute Gasteiger partial charge is 0.481 e. The van der Waals surface area contributed by atoms with Crippen LogP contribution in [0.5, 0.6) is 0 Å². The molecule has 1 aromatic carbocycles. The fourth-order valence-electron chi connectivity index (χ4n) is 2.90. The summed E-state index contributed by atoms with van der Waals surface area (Å²) in [4.78, 5) is 22.5. The van der Waals surface area contributed by atoms with E-state index in [1.807, 2.05) is 6.92 Å². The van der Waals surface area contributed by atoms with Gasteiger partial charge in [-0.05, 0) is 23.5 Å². The lowest BCUT2D eigenvalue weighted by Gasteiger charge is -2.29. The molecule has 0 heterocycles. The van der Waals surface area contributed by atoms with Crippen molar-refractivity contribution >= 4 is 23.4 Å². The number of carboxylic acids is 1. The standard InChI is InChI=1S/C18H31N2O6PS/c1-4-5-9-28(25,26)20-17(13(2)3)27(23,24)12-16(18(21)22)15-8-6-7-14(10-15)11-19/h6-8,10,13,16-17,20H,4-5,9,11-12,19H2,1-3H3,(H,21,22)(H,23,24)/t16-,17+/m1/s1. The highest BCUT2D eigenvalue weighted by Crippen LogP contribution is 2.51. The maximum Gasteiger partial charge on any atom is 0.311 e. The van der Waals surface area contributed by atoms with Crippen LogP contribution in [0.1, 0.15) is 50.7 Å². The molecule has 0 saturated carbocycles. The van der Waals surface area contributed by atoms with Gasteiger partial charge >= 0.3 is 5.97 Å². The Balaban J connectivity index is 3.16. The highest BCUT2D eigenvalue weighted by Gasteiger charge is 2.40. The first kappa shape index (κ1) is 24.8. The first-order valence-corrected chi connectivity index (χ1v) is 12.8. The van der Waals surface area contributed by atoms with Crippen molar-refractivity contribution in [1.29, 1.82) is 0 Å². The van der Waals surface area contributed by atoms with Crippen LogP contribution in [0.4, 0.5) is 0 Å². The molecule has 0 spiro atoms. The van der Waals surface area contributed by atoms with Crippen LogP contribution in [-0.2, 0) is 25.9 Å². The number of nitrogens with one attached hydrogen (secondary N) is 1. The highest BCUT2D eigenvalue weighted by molar-refractivity contribution is 7.89. The molecule has 0 aliphatic carbocycles. The van der Waals surface area contributed by atoms with Gasteiger partial charge in [-0.15, -0.1) is 0 Å². The molecule has 28 heavy (non-hydrogen) atoms. The number of rotatable bonds is 12. The molecule has 1 unspecified atom stereocenters. The molecule has 1 aromatic rings. The Morgan fingerprint density at radius 3 is 2.46 bits per heavy atom. The predicted molar refractivity (Wildman–Crippen MR) is 110 cm³/mol. The molecule has 160 valence electrons. The van der Waals surface area contributed by atoms with E-state index in [0.29, 0.717) is 24.0 Å². The van der Waals surface area contributed by atoms with Gasteiger partial charge in [-0.1, -0.05) is 51.5 Å². The smallest absolute Gasteiger partial charge is 0.311 e. The second-order valence-corrected chi connectivity index (χ2v) is 11.6. The van der Waals surface area contributed by atoms with Gasteiger partial charge in [0.05, 0.1) is 11.7 Å². The minimum atomic E-state index is -4.19. The minimum absolute atomic E-state index is 0.145. The van der Waals surface area contributed by atoms with Gasteiger partial charge in [0.2, 0.25) is 17.4 Å². The molecular weight excluding hydrogens is 403 g/mol. The molecule has 3 atom stereocenters. The van der Waals surface area contributed by atoms with Crippen molar-refractivity contribution in [3.63, 3.8) is 0 Å². The van der Waals surface area contributed by atoms with E-state index in [1.165, 1.54) is 0 Å². The summed E-state index contributed by atoms with van der Waals surface area (Å²) >= 11 is 0. The zero-order chi connectivity index (χ0) is 21.5. The second-order valence-electron chi connectivity index (χ2n) is 7.26. The first-order chi connectivity index (χ1) is 12.9. The number of nitrogens with two attached hydrogens (primary N) is 1. The van der Waals surface area contributed by atoms with E-state index in [0.717, 1.165) is 0 Å². The molecule has 8 nitrogen and oxygen atoms in total. The van der Waals surface area contributed by atoms with Gasteiger partial charge in [0.25, 0.3) is 0 Å². The molecular formula is C18H31N2O6PS. The SMILES string of the molecule is CCCCS(=O)(=O)N[C@H](C(C)C)P(=O)(O)C[C@@H](C(=O)O)c1cccc(CN)c1. The summed E-state index contributed by atoms with van der Waals surface area (Å²) in [5, 5.41) is 9.62. The monoisotopic (exact) mass is 434 g/mol. The number of aliphatic carboxylic acids is 1. The molecule has 0 saturated heterocycles. The molecule has 0 amide bonds. The van der Waals surface area contributed by atoms with E-state index < -0.39 is 47.1 Å². The third kappa shape index (κ3) is 7.29. The van der Waals surface area contributed by atoms with Crippen LogP contribution >= 0.6 is 7.37 Å². The average Bonchev–Trinajstić information content (AvgIpc) is 2.62. The van der Waals surface area contributed by atoms with Gasteiger partial charge in [-0.25, -0.2) is 13.1 Å². The molecule has 0 aliphatic rings. The van der Waals surface area contributed by atoms with Gasteiger partial charge in [-0.3, -0.25) is 9.36 Å². The summed E-state index contributed by atoms with van der Waals surface area (Å²) in [6.45, 7) is 5.31. The number of carbonyl (C=O) groups is 1.